The number of quaternary nitrogens is 1. The summed E-state index contributed by atoms with van der Waals surface area (Å²) in [6, 6.07) is 8.89. The number of nitriles is 1. The van der Waals surface area contributed by atoms with Crippen LogP contribution in [0.1, 0.15) is 5.56 Å². The molecule has 0 heterocycles. The number of nitrogens with one attached hydrogen (secondary N) is 1. The molecular formula is C16H25N2O4+. The largest absolute Gasteiger partial charge is 0.491 e. The molecule has 0 aliphatic heterocycles. The Labute approximate surface area is 131 Å². The van der Waals surface area contributed by atoms with Gasteiger partial charge < -0.3 is 24.2 Å². The van der Waals surface area contributed by atoms with E-state index in [0.29, 0.717) is 31.1 Å². The van der Waals surface area contributed by atoms with E-state index in [2.05, 4.69) is 6.07 Å². The highest BCUT2D eigenvalue weighted by Gasteiger charge is 2.15. The van der Waals surface area contributed by atoms with Gasteiger partial charge in [-0.1, -0.05) is 0 Å². The van der Waals surface area contributed by atoms with Gasteiger partial charge in [-0.2, -0.15) is 5.26 Å². The molecule has 22 heavy (non-hydrogen) atoms. The van der Waals surface area contributed by atoms with Crippen molar-refractivity contribution < 1.29 is 24.2 Å². The number of hydrogen-bond donors (Lipinski definition) is 2. The third-order valence-electron chi connectivity index (χ3n) is 3.27. The van der Waals surface area contributed by atoms with Crippen molar-refractivity contribution in [3.8, 4) is 11.8 Å². The molecule has 0 aliphatic rings. The molecule has 1 atom stereocenters. The quantitative estimate of drug-likeness (QED) is 0.575. The molecule has 0 saturated heterocycles. The summed E-state index contributed by atoms with van der Waals surface area (Å²) in [5.41, 5.74) is 0.586. The summed E-state index contributed by atoms with van der Waals surface area (Å²) in [5, 5.41) is 18.8. The first-order chi connectivity index (χ1) is 10.7. The van der Waals surface area contributed by atoms with Crippen molar-refractivity contribution in [2.75, 3.05) is 53.7 Å². The van der Waals surface area contributed by atoms with E-state index in [9.17, 15) is 5.11 Å². The molecule has 0 bridgehead atoms. The lowest BCUT2D eigenvalue weighted by Gasteiger charge is -2.22. The van der Waals surface area contributed by atoms with Gasteiger partial charge in [-0.05, 0) is 24.3 Å². The minimum Gasteiger partial charge on any atom is -0.491 e. The Morgan fingerprint density at radius 3 is 2.23 bits per heavy atom. The molecule has 122 valence electrons. The molecule has 6 nitrogen and oxygen atoms in total. The number of benzene rings is 1. The molecule has 6 heteroatoms. The van der Waals surface area contributed by atoms with Crippen LogP contribution in [0.2, 0.25) is 0 Å². The van der Waals surface area contributed by atoms with Crippen molar-refractivity contribution in [2.24, 2.45) is 0 Å². The SMILES string of the molecule is COCC[NH+](CCOC)C[C@@H](O)COc1ccc(C#N)cc1. The zero-order valence-electron chi connectivity index (χ0n) is 13.2. The van der Waals surface area contributed by atoms with E-state index in [0.717, 1.165) is 13.1 Å². The molecule has 0 radical (unpaired) electrons. The first kappa shape index (κ1) is 18.4. The number of nitrogens with zero attached hydrogens (tertiary/aromatic N) is 1. The number of aliphatic hydroxyl groups excluding tert-OH is 1. The van der Waals surface area contributed by atoms with E-state index in [1.807, 2.05) is 0 Å². The molecular weight excluding hydrogens is 284 g/mol. The van der Waals surface area contributed by atoms with E-state index < -0.39 is 6.10 Å². The van der Waals surface area contributed by atoms with Gasteiger partial charge in [-0.3, -0.25) is 0 Å². The number of methoxy groups -OCH3 is 2. The van der Waals surface area contributed by atoms with Gasteiger partial charge in [-0.25, -0.2) is 0 Å². The van der Waals surface area contributed by atoms with E-state index in [4.69, 9.17) is 19.5 Å². The Kier molecular flexibility index (Phi) is 9.19. The topological polar surface area (TPSA) is 76.2 Å². The van der Waals surface area contributed by atoms with Crippen molar-refractivity contribution in [3.63, 3.8) is 0 Å². The Morgan fingerprint density at radius 1 is 1.14 bits per heavy atom. The average Bonchev–Trinajstić information content (AvgIpc) is 2.55. The molecule has 0 unspecified atom stereocenters. The molecule has 1 aromatic carbocycles. The summed E-state index contributed by atoms with van der Waals surface area (Å²) in [6.45, 7) is 3.70. The highest BCUT2D eigenvalue weighted by Crippen LogP contribution is 2.11. The van der Waals surface area contributed by atoms with Crippen LogP contribution < -0.4 is 9.64 Å². The molecule has 0 fully saturated rings. The smallest absolute Gasteiger partial charge is 0.137 e. The average molecular weight is 309 g/mol. The van der Waals surface area contributed by atoms with Crippen LogP contribution in [0, 0.1) is 11.3 Å². The van der Waals surface area contributed by atoms with Crippen molar-refractivity contribution in [1.29, 1.82) is 5.26 Å². The fourth-order valence-corrected chi connectivity index (χ4v) is 2.03. The number of rotatable bonds is 11. The van der Waals surface area contributed by atoms with Crippen LogP contribution in [0.4, 0.5) is 0 Å². The fraction of sp³-hybridized carbons (Fsp3) is 0.562. The third-order valence-corrected chi connectivity index (χ3v) is 3.27. The van der Waals surface area contributed by atoms with Gasteiger partial charge in [0.25, 0.3) is 0 Å². The van der Waals surface area contributed by atoms with Gasteiger partial charge in [-0.15, -0.1) is 0 Å². The number of aliphatic hydroxyl groups is 1. The van der Waals surface area contributed by atoms with E-state index in [1.54, 1.807) is 38.5 Å². The standard InChI is InChI=1S/C16H24N2O4/c1-20-9-7-18(8-10-21-2)12-15(19)13-22-16-5-3-14(11-17)4-6-16/h3-6,15,19H,7-10,12-13H2,1-2H3/p+1/t15-/m1/s1. The first-order valence-electron chi connectivity index (χ1n) is 7.32. The molecule has 0 aromatic heterocycles. The highest BCUT2D eigenvalue weighted by molar-refractivity contribution is 5.34. The minimum absolute atomic E-state index is 0.218. The zero-order chi connectivity index (χ0) is 16.2. The summed E-state index contributed by atoms with van der Waals surface area (Å²) in [4.78, 5) is 1.21. The second kappa shape index (κ2) is 11.0. The van der Waals surface area contributed by atoms with Gasteiger partial charge in [0.2, 0.25) is 0 Å². The number of ether oxygens (including phenoxy) is 3. The Bertz CT molecular complexity index is 436. The Hall–Kier alpha value is -1.65. The lowest BCUT2D eigenvalue weighted by atomic mass is 10.2. The molecule has 2 N–H and O–H groups in total. The Morgan fingerprint density at radius 2 is 1.73 bits per heavy atom. The van der Waals surface area contributed by atoms with Crippen LogP contribution in [0.25, 0.3) is 0 Å². The van der Waals surface area contributed by atoms with Crippen LogP contribution in [0.3, 0.4) is 0 Å². The van der Waals surface area contributed by atoms with Crippen molar-refractivity contribution in [2.45, 2.75) is 6.10 Å². The molecule has 0 aliphatic carbocycles. The monoisotopic (exact) mass is 309 g/mol. The van der Waals surface area contributed by atoms with Crippen molar-refractivity contribution in [3.05, 3.63) is 29.8 Å². The molecule has 0 amide bonds. The minimum atomic E-state index is -0.570. The molecule has 1 aromatic rings. The van der Waals surface area contributed by atoms with Gasteiger partial charge in [0.05, 0.1) is 24.8 Å². The predicted molar refractivity (Wildman–Crippen MR) is 82.0 cm³/mol. The third kappa shape index (κ3) is 7.38. The van der Waals surface area contributed by atoms with Gasteiger partial charge in [0, 0.05) is 14.2 Å². The van der Waals surface area contributed by atoms with Gasteiger partial charge in [0.15, 0.2) is 0 Å². The maximum atomic E-state index is 10.1. The fourth-order valence-electron chi connectivity index (χ4n) is 2.03. The maximum absolute atomic E-state index is 10.1. The normalized spacial score (nSPS) is 12.1. The summed E-state index contributed by atoms with van der Waals surface area (Å²) in [5.74, 6) is 0.647. The zero-order valence-corrected chi connectivity index (χ0v) is 13.2. The van der Waals surface area contributed by atoms with Crippen molar-refractivity contribution in [1.82, 2.24) is 0 Å². The van der Waals surface area contributed by atoms with E-state index in [1.165, 1.54) is 4.90 Å². The van der Waals surface area contributed by atoms with E-state index >= 15 is 0 Å². The lowest BCUT2D eigenvalue weighted by molar-refractivity contribution is -0.903. The highest BCUT2D eigenvalue weighted by atomic mass is 16.5. The Balaban J connectivity index is 2.37. The predicted octanol–water partition coefficient (Wildman–Crippen LogP) is -0.524. The lowest BCUT2D eigenvalue weighted by Crippen LogP contribution is -3.14. The van der Waals surface area contributed by atoms with Crippen LogP contribution in [-0.4, -0.2) is 64.9 Å². The molecule has 1 rings (SSSR count). The van der Waals surface area contributed by atoms with E-state index in [-0.39, 0.29) is 6.61 Å². The van der Waals surface area contributed by atoms with Gasteiger partial charge >= 0.3 is 0 Å². The summed E-state index contributed by atoms with van der Waals surface area (Å²) in [6.07, 6.45) is -0.570. The van der Waals surface area contributed by atoms with Crippen LogP contribution in [-0.2, 0) is 9.47 Å². The summed E-state index contributed by atoms with van der Waals surface area (Å²) >= 11 is 0. The van der Waals surface area contributed by atoms with Crippen LogP contribution in [0.15, 0.2) is 24.3 Å². The van der Waals surface area contributed by atoms with Crippen molar-refractivity contribution >= 4 is 0 Å². The maximum Gasteiger partial charge on any atom is 0.137 e. The molecule has 0 saturated carbocycles. The summed E-state index contributed by atoms with van der Waals surface area (Å²) in [7, 11) is 3.33. The second-order valence-electron chi connectivity index (χ2n) is 5.04. The molecule has 0 spiro atoms. The first-order valence-corrected chi connectivity index (χ1v) is 7.32. The van der Waals surface area contributed by atoms with Crippen LogP contribution in [0.5, 0.6) is 5.75 Å². The summed E-state index contributed by atoms with van der Waals surface area (Å²) < 4.78 is 15.7. The van der Waals surface area contributed by atoms with Gasteiger partial charge in [0.1, 0.15) is 38.1 Å². The second-order valence-corrected chi connectivity index (χ2v) is 5.04. The number of hydrogen-bond acceptors (Lipinski definition) is 5. The van der Waals surface area contributed by atoms with Crippen LogP contribution >= 0.6 is 0 Å².